The molecule has 1 saturated heterocycles. The Hall–Kier alpha value is -1.06. The van der Waals surface area contributed by atoms with Gasteiger partial charge in [-0.25, -0.2) is 0 Å². The first kappa shape index (κ1) is 13.0. The Morgan fingerprint density at radius 3 is 2.56 bits per heavy atom. The molecule has 1 heterocycles. The summed E-state index contributed by atoms with van der Waals surface area (Å²) in [7, 11) is 0. The summed E-state index contributed by atoms with van der Waals surface area (Å²) >= 11 is 0. The van der Waals surface area contributed by atoms with Crippen LogP contribution in [0.15, 0.2) is 0 Å². The van der Waals surface area contributed by atoms with Crippen molar-refractivity contribution in [1.29, 1.82) is 0 Å². The second kappa shape index (κ2) is 4.85. The summed E-state index contributed by atoms with van der Waals surface area (Å²) in [6.45, 7) is 8.65. The van der Waals surface area contributed by atoms with E-state index in [2.05, 4.69) is 0 Å². The molecule has 4 heteroatoms. The SMILES string of the molecule is CCC(=O)OCCN1C(=O)C(C)(CC)C1C. The van der Waals surface area contributed by atoms with Crippen molar-refractivity contribution in [3.05, 3.63) is 0 Å². The van der Waals surface area contributed by atoms with Crippen LogP contribution in [-0.2, 0) is 14.3 Å². The number of nitrogens with zero attached hydrogens (tertiary/aromatic N) is 1. The second-order valence-electron chi connectivity index (χ2n) is 4.52. The highest BCUT2D eigenvalue weighted by Crippen LogP contribution is 2.41. The Balaban J connectivity index is 2.36. The van der Waals surface area contributed by atoms with Crippen molar-refractivity contribution < 1.29 is 14.3 Å². The maximum atomic E-state index is 11.9. The standard InChI is InChI=1S/C12H21NO3/c1-5-10(14)16-8-7-13-9(3)12(4,6-2)11(13)15/h9H,5-8H2,1-4H3. The Morgan fingerprint density at radius 1 is 1.50 bits per heavy atom. The molecule has 0 N–H and O–H groups in total. The van der Waals surface area contributed by atoms with Crippen LogP contribution >= 0.6 is 0 Å². The van der Waals surface area contributed by atoms with Gasteiger partial charge in [-0.05, 0) is 20.3 Å². The van der Waals surface area contributed by atoms with Gasteiger partial charge in [0.1, 0.15) is 6.61 Å². The maximum absolute atomic E-state index is 11.9. The lowest BCUT2D eigenvalue weighted by molar-refractivity contribution is -0.171. The highest BCUT2D eigenvalue weighted by atomic mass is 16.5. The number of esters is 1. The molecule has 2 unspecified atom stereocenters. The molecule has 0 radical (unpaired) electrons. The number of rotatable bonds is 5. The van der Waals surface area contributed by atoms with Crippen molar-refractivity contribution in [2.75, 3.05) is 13.2 Å². The predicted octanol–water partition coefficient (Wildman–Crippen LogP) is 1.59. The van der Waals surface area contributed by atoms with E-state index in [9.17, 15) is 9.59 Å². The van der Waals surface area contributed by atoms with Crippen molar-refractivity contribution >= 4 is 11.9 Å². The van der Waals surface area contributed by atoms with Gasteiger partial charge in [0.25, 0.3) is 0 Å². The summed E-state index contributed by atoms with van der Waals surface area (Å²) in [6, 6.07) is 0.241. The highest BCUT2D eigenvalue weighted by molar-refractivity contribution is 5.89. The average Bonchev–Trinajstić information content (AvgIpc) is 2.32. The van der Waals surface area contributed by atoms with E-state index in [1.165, 1.54) is 0 Å². The van der Waals surface area contributed by atoms with Crippen molar-refractivity contribution in [2.45, 2.75) is 46.6 Å². The van der Waals surface area contributed by atoms with Crippen LogP contribution in [0.2, 0.25) is 0 Å². The quantitative estimate of drug-likeness (QED) is 0.529. The van der Waals surface area contributed by atoms with E-state index in [0.29, 0.717) is 19.6 Å². The van der Waals surface area contributed by atoms with Gasteiger partial charge in [0.2, 0.25) is 5.91 Å². The molecule has 4 nitrogen and oxygen atoms in total. The third-order valence-corrected chi connectivity index (χ3v) is 3.76. The molecule has 0 aromatic carbocycles. The first-order valence-corrected chi connectivity index (χ1v) is 5.94. The molecule has 1 rings (SSSR count). The molecule has 0 bridgehead atoms. The molecule has 0 aliphatic carbocycles. The fraction of sp³-hybridized carbons (Fsp3) is 0.833. The number of amides is 1. The predicted molar refractivity (Wildman–Crippen MR) is 60.8 cm³/mol. The lowest BCUT2D eigenvalue weighted by Crippen LogP contribution is -2.66. The van der Waals surface area contributed by atoms with Crippen LogP contribution in [-0.4, -0.2) is 36.0 Å². The van der Waals surface area contributed by atoms with Crippen LogP contribution in [0.25, 0.3) is 0 Å². The van der Waals surface area contributed by atoms with E-state index in [1.807, 2.05) is 20.8 Å². The smallest absolute Gasteiger partial charge is 0.305 e. The molecule has 92 valence electrons. The van der Waals surface area contributed by atoms with E-state index < -0.39 is 0 Å². The highest BCUT2D eigenvalue weighted by Gasteiger charge is 2.53. The van der Waals surface area contributed by atoms with E-state index >= 15 is 0 Å². The lowest BCUT2D eigenvalue weighted by Gasteiger charge is -2.53. The molecule has 2 atom stereocenters. The van der Waals surface area contributed by atoms with Crippen molar-refractivity contribution in [3.63, 3.8) is 0 Å². The number of carbonyl (C=O) groups is 2. The molecule has 0 spiro atoms. The van der Waals surface area contributed by atoms with Crippen LogP contribution in [0.4, 0.5) is 0 Å². The largest absolute Gasteiger partial charge is 0.464 e. The van der Waals surface area contributed by atoms with Crippen LogP contribution in [0.3, 0.4) is 0 Å². The van der Waals surface area contributed by atoms with Gasteiger partial charge >= 0.3 is 5.97 Å². The van der Waals surface area contributed by atoms with E-state index in [-0.39, 0.29) is 23.3 Å². The van der Waals surface area contributed by atoms with Gasteiger partial charge in [-0.2, -0.15) is 0 Å². The Morgan fingerprint density at radius 2 is 2.12 bits per heavy atom. The van der Waals surface area contributed by atoms with Gasteiger partial charge < -0.3 is 9.64 Å². The maximum Gasteiger partial charge on any atom is 0.305 e. The van der Waals surface area contributed by atoms with Gasteiger partial charge in [-0.3, -0.25) is 9.59 Å². The van der Waals surface area contributed by atoms with Gasteiger partial charge in [-0.1, -0.05) is 13.8 Å². The monoisotopic (exact) mass is 227 g/mol. The third-order valence-electron chi connectivity index (χ3n) is 3.76. The molecule has 1 fully saturated rings. The molecule has 1 aliphatic rings. The van der Waals surface area contributed by atoms with Crippen molar-refractivity contribution in [1.82, 2.24) is 4.90 Å². The topological polar surface area (TPSA) is 46.6 Å². The summed E-state index contributed by atoms with van der Waals surface area (Å²) in [6.07, 6.45) is 1.24. The first-order valence-electron chi connectivity index (χ1n) is 5.94. The summed E-state index contributed by atoms with van der Waals surface area (Å²) in [5.41, 5.74) is -0.214. The minimum Gasteiger partial charge on any atom is -0.464 e. The van der Waals surface area contributed by atoms with Gasteiger partial charge in [0, 0.05) is 12.5 Å². The minimum absolute atomic E-state index is 0.176. The second-order valence-corrected chi connectivity index (χ2v) is 4.52. The fourth-order valence-electron chi connectivity index (χ4n) is 2.06. The summed E-state index contributed by atoms with van der Waals surface area (Å²) in [5, 5.41) is 0. The zero-order valence-electron chi connectivity index (χ0n) is 10.6. The molecule has 0 aromatic heterocycles. The molecule has 1 aliphatic heterocycles. The first-order chi connectivity index (χ1) is 7.47. The number of β-lactam (4-membered cyclic amide) rings is 1. The van der Waals surface area contributed by atoms with Gasteiger partial charge in [0.15, 0.2) is 0 Å². The molecule has 0 aromatic rings. The number of hydrogen-bond acceptors (Lipinski definition) is 3. The van der Waals surface area contributed by atoms with Gasteiger partial charge in [0.05, 0.1) is 12.0 Å². The lowest BCUT2D eigenvalue weighted by atomic mass is 9.71. The van der Waals surface area contributed by atoms with Crippen LogP contribution in [0.5, 0.6) is 0 Å². The van der Waals surface area contributed by atoms with Crippen LogP contribution in [0, 0.1) is 5.41 Å². The zero-order valence-corrected chi connectivity index (χ0v) is 10.6. The molecule has 16 heavy (non-hydrogen) atoms. The van der Waals surface area contributed by atoms with E-state index in [1.54, 1.807) is 11.8 Å². The molecular formula is C12H21NO3. The normalized spacial score (nSPS) is 28.9. The fourth-order valence-corrected chi connectivity index (χ4v) is 2.06. The van der Waals surface area contributed by atoms with E-state index in [0.717, 1.165) is 6.42 Å². The Kier molecular flexibility index (Phi) is 3.94. The van der Waals surface area contributed by atoms with E-state index in [4.69, 9.17) is 4.74 Å². The Labute approximate surface area is 96.9 Å². The third kappa shape index (κ3) is 2.06. The molecular weight excluding hydrogens is 206 g/mol. The number of carbonyl (C=O) groups excluding carboxylic acids is 2. The summed E-state index contributed by atoms with van der Waals surface area (Å²) < 4.78 is 4.96. The van der Waals surface area contributed by atoms with Crippen LogP contribution in [0.1, 0.15) is 40.5 Å². The zero-order chi connectivity index (χ0) is 12.3. The summed E-state index contributed by atoms with van der Waals surface area (Å²) in [5.74, 6) is -0.0334. The molecule has 0 saturated carbocycles. The average molecular weight is 227 g/mol. The van der Waals surface area contributed by atoms with Gasteiger partial charge in [-0.15, -0.1) is 0 Å². The number of hydrogen-bond donors (Lipinski definition) is 0. The Bertz CT molecular complexity index is 290. The van der Waals surface area contributed by atoms with Crippen molar-refractivity contribution in [3.8, 4) is 0 Å². The number of ether oxygens (including phenoxy) is 1. The minimum atomic E-state index is -0.214. The molecule has 1 amide bonds. The summed E-state index contributed by atoms with van der Waals surface area (Å²) in [4.78, 5) is 24.6. The number of likely N-dealkylation sites (tertiary alicyclic amines) is 1. The van der Waals surface area contributed by atoms with Crippen LogP contribution < -0.4 is 0 Å². The van der Waals surface area contributed by atoms with Crippen molar-refractivity contribution in [2.24, 2.45) is 5.41 Å².